The third-order valence-corrected chi connectivity index (χ3v) is 3.49. The Hall–Kier alpha value is -2.51. The zero-order chi connectivity index (χ0) is 18.8. The molecule has 0 spiro atoms. The van der Waals surface area contributed by atoms with Crippen LogP contribution in [0.1, 0.15) is 32.6 Å². The summed E-state index contributed by atoms with van der Waals surface area (Å²) in [5.74, 6) is -0.580. The third kappa shape index (κ3) is 4.74. The fourth-order valence-electron chi connectivity index (χ4n) is 2.23. The zero-order valence-electron chi connectivity index (χ0n) is 12.9. The number of carbonyl (C=O) groups excluding carboxylic acids is 1. The molecule has 0 saturated carbocycles. The first-order chi connectivity index (χ1) is 11.5. The first-order valence-electron chi connectivity index (χ1n) is 7.10. The van der Waals surface area contributed by atoms with Crippen molar-refractivity contribution in [2.75, 3.05) is 0 Å². The second-order valence-electron chi connectivity index (χ2n) is 5.41. The number of amides is 1. The van der Waals surface area contributed by atoms with Crippen LogP contribution in [0.2, 0.25) is 0 Å². The van der Waals surface area contributed by atoms with Crippen molar-refractivity contribution < 1.29 is 31.1 Å². The van der Waals surface area contributed by atoms with Gasteiger partial charge < -0.3 is 5.32 Å². The summed E-state index contributed by atoms with van der Waals surface area (Å²) in [5.41, 5.74) is -2.18. The van der Waals surface area contributed by atoms with E-state index in [9.17, 15) is 31.1 Å². The molecule has 1 N–H and O–H groups in total. The average Bonchev–Trinajstić information content (AvgIpc) is 2.51. The van der Waals surface area contributed by atoms with Gasteiger partial charge >= 0.3 is 12.4 Å². The minimum atomic E-state index is -4.92. The van der Waals surface area contributed by atoms with E-state index in [0.29, 0.717) is 23.3 Å². The summed E-state index contributed by atoms with van der Waals surface area (Å²) in [5, 5.41) is 2.34. The number of halogens is 6. The van der Waals surface area contributed by atoms with Crippen LogP contribution in [-0.4, -0.2) is 5.91 Å². The van der Waals surface area contributed by atoms with Crippen LogP contribution in [0.15, 0.2) is 42.5 Å². The topological polar surface area (TPSA) is 29.1 Å². The standard InChI is InChI=1S/C17H13F6NO/c1-10-4-2-3-5-14(10)15(25)24-9-11-6-12(16(18,19)20)8-13(7-11)17(21,22)23/h2-8H,9H2,1H3,(H,24,25). The number of rotatable bonds is 3. The SMILES string of the molecule is Cc1ccccc1C(=O)NCc1cc(C(F)(F)F)cc(C(F)(F)F)c1. The fourth-order valence-corrected chi connectivity index (χ4v) is 2.23. The summed E-state index contributed by atoms with van der Waals surface area (Å²) in [7, 11) is 0. The van der Waals surface area contributed by atoms with Gasteiger partial charge in [-0.05, 0) is 42.3 Å². The van der Waals surface area contributed by atoms with Gasteiger partial charge in [0.15, 0.2) is 0 Å². The van der Waals surface area contributed by atoms with Crippen LogP contribution in [0.4, 0.5) is 26.3 Å². The van der Waals surface area contributed by atoms with Crippen LogP contribution < -0.4 is 5.32 Å². The summed E-state index contributed by atoms with van der Waals surface area (Å²) < 4.78 is 76.8. The van der Waals surface area contributed by atoms with Gasteiger partial charge in [-0.25, -0.2) is 0 Å². The molecule has 0 aliphatic rings. The minimum Gasteiger partial charge on any atom is -0.348 e. The Labute approximate surface area is 139 Å². The molecule has 2 rings (SSSR count). The first-order valence-corrected chi connectivity index (χ1v) is 7.10. The van der Waals surface area contributed by atoms with Crippen LogP contribution in [-0.2, 0) is 18.9 Å². The molecule has 2 nitrogen and oxygen atoms in total. The van der Waals surface area contributed by atoms with E-state index in [1.807, 2.05) is 0 Å². The van der Waals surface area contributed by atoms with Gasteiger partial charge in [-0.2, -0.15) is 26.3 Å². The summed E-state index contributed by atoms with van der Waals surface area (Å²) >= 11 is 0. The van der Waals surface area contributed by atoms with Crippen molar-refractivity contribution in [2.45, 2.75) is 25.8 Å². The summed E-state index contributed by atoms with van der Waals surface area (Å²) in [6.45, 7) is 1.21. The van der Waals surface area contributed by atoms with Crippen molar-refractivity contribution >= 4 is 5.91 Å². The van der Waals surface area contributed by atoms with E-state index in [1.54, 1.807) is 25.1 Å². The highest BCUT2D eigenvalue weighted by atomic mass is 19.4. The molecule has 0 saturated heterocycles. The number of alkyl halides is 6. The lowest BCUT2D eigenvalue weighted by Crippen LogP contribution is -2.24. The van der Waals surface area contributed by atoms with Gasteiger partial charge in [-0.3, -0.25) is 4.79 Å². The van der Waals surface area contributed by atoms with Crippen molar-refractivity contribution in [3.8, 4) is 0 Å². The summed E-state index contributed by atoms with van der Waals surface area (Å²) in [6, 6.07) is 7.72. The van der Waals surface area contributed by atoms with Gasteiger partial charge in [0.1, 0.15) is 0 Å². The van der Waals surface area contributed by atoms with E-state index in [0.717, 1.165) is 0 Å². The van der Waals surface area contributed by atoms with E-state index in [-0.39, 0.29) is 11.6 Å². The molecule has 0 heterocycles. The number of nitrogens with one attached hydrogen (secondary N) is 1. The number of aryl methyl sites for hydroxylation is 1. The molecular weight excluding hydrogens is 348 g/mol. The van der Waals surface area contributed by atoms with Crippen molar-refractivity contribution in [3.05, 3.63) is 70.3 Å². The highest BCUT2D eigenvalue weighted by molar-refractivity contribution is 5.95. The quantitative estimate of drug-likeness (QED) is 0.769. The maximum absolute atomic E-state index is 12.8. The molecule has 0 aliphatic heterocycles. The monoisotopic (exact) mass is 361 g/mol. The van der Waals surface area contributed by atoms with Crippen molar-refractivity contribution in [1.29, 1.82) is 0 Å². The second kappa shape index (κ2) is 6.78. The maximum Gasteiger partial charge on any atom is 0.416 e. The molecule has 2 aromatic carbocycles. The lowest BCUT2D eigenvalue weighted by molar-refractivity contribution is -0.143. The molecule has 25 heavy (non-hydrogen) atoms. The number of hydrogen-bond donors (Lipinski definition) is 1. The molecule has 0 aliphatic carbocycles. The van der Waals surface area contributed by atoms with Gasteiger partial charge in [0.2, 0.25) is 0 Å². The molecule has 1 amide bonds. The molecule has 8 heteroatoms. The maximum atomic E-state index is 12.8. The molecule has 2 aromatic rings. The Balaban J connectivity index is 2.27. The Morgan fingerprint density at radius 2 is 1.44 bits per heavy atom. The Bertz CT molecular complexity index is 747. The zero-order valence-corrected chi connectivity index (χ0v) is 12.9. The van der Waals surface area contributed by atoms with Gasteiger partial charge in [0.05, 0.1) is 11.1 Å². The smallest absolute Gasteiger partial charge is 0.348 e. The minimum absolute atomic E-state index is 0.0483. The van der Waals surface area contributed by atoms with E-state index in [2.05, 4.69) is 5.32 Å². The number of hydrogen-bond acceptors (Lipinski definition) is 1. The van der Waals surface area contributed by atoms with Gasteiger partial charge in [0, 0.05) is 12.1 Å². The van der Waals surface area contributed by atoms with Crippen LogP contribution in [0, 0.1) is 6.92 Å². The largest absolute Gasteiger partial charge is 0.416 e. The predicted molar refractivity (Wildman–Crippen MR) is 78.8 cm³/mol. The summed E-state index contributed by atoms with van der Waals surface area (Å²) in [6.07, 6.45) is -9.84. The molecule has 0 radical (unpaired) electrons. The van der Waals surface area contributed by atoms with Crippen LogP contribution in [0.3, 0.4) is 0 Å². The Morgan fingerprint density at radius 1 is 0.920 bits per heavy atom. The lowest BCUT2D eigenvalue weighted by atomic mass is 10.0. The normalized spacial score (nSPS) is 12.1. The number of benzene rings is 2. The highest BCUT2D eigenvalue weighted by Gasteiger charge is 2.36. The molecular formula is C17H13F6NO. The van der Waals surface area contributed by atoms with E-state index in [4.69, 9.17) is 0 Å². The molecule has 134 valence electrons. The number of carbonyl (C=O) groups is 1. The predicted octanol–water partition coefficient (Wildman–Crippen LogP) is 4.96. The van der Waals surface area contributed by atoms with Crippen molar-refractivity contribution in [2.24, 2.45) is 0 Å². The molecule has 0 bridgehead atoms. The van der Waals surface area contributed by atoms with Crippen molar-refractivity contribution in [3.63, 3.8) is 0 Å². The van der Waals surface area contributed by atoms with Crippen LogP contribution in [0.5, 0.6) is 0 Å². The van der Waals surface area contributed by atoms with E-state index >= 15 is 0 Å². The van der Waals surface area contributed by atoms with Gasteiger partial charge in [-0.1, -0.05) is 18.2 Å². The van der Waals surface area contributed by atoms with Crippen LogP contribution in [0.25, 0.3) is 0 Å². The van der Waals surface area contributed by atoms with E-state index < -0.39 is 35.9 Å². The highest BCUT2D eigenvalue weighted by Crippen LogP contribution is 2.36. The lowest BCUT2D eigenvalue weighted by Gasteiger charge is -2.15. The summed E-state index contributed by atoms with van der Waals surface area (Å²) in [4.78, 5) is 12.0. The van der Waals surface area contributed by atoms with E-state index in [1.165, 1.54) is 6.07 Å². The van der Waals surface area contributed by atoms with Gasteiger partial charge in [-0.15, -0.1) is 0 Å². The Morgan fingerprint density at radius 3 is 1.92 bits per heavy atom. The fraction of sp³-hybridized carbons (Fsp3) is 0.235. The molecule has 0 fully saturated rings. The van der Waals surface area contributed by atoms with Crippen molar-refractivity contribution in [1.82, 2.24) is 5.32 Å². The Kier molecular flexibility index (Phi) is 5.10. The molecule has 0 aromatic heterocycles. The third-order valence-electron chi connectivity index (χ3n) is 3.49. The van der Waals surface area contributed by atoms with Crippen LogP contribution >= 0.6 is 0 Å². The molecule has 0 unspecified atom stereocenters. The average molecular weight is 361 g/mol. The second-order valence-corrected chi connectivity index (χ2v) is 5.41. The van der Waals surface area contributed by atoms with Gasteiger partial charge in [0.25, 0.3) is 5.91 Å². The first kappa shape index (κ1) is 18.8. The molecule has 0 atom stereocenters.